The van der Waals surface area contributed by atoms with Gasteiger partial charge in [0.25, 0.3) is 0 Å². The van der Waals surface area contributed by atoms with Gasteiger partial charge in [-0.1, -0.05) is 18.2 Å². The second kappa shape index (κ2) is 5.86. The lowest BCUT2D eigenvalue weighted by atomic mass is 10.0. The zero-order valence-electron chi connectivity index (χ0n) is 9.57. The smallest absolute Gasteiger partial charge is 0.416 e. The molecule has 1 unspecified atom stereocenters. The Hall–Kier alpha value is -1.56. The van der Waals surface area contributed by atoms with Crippen LogP contribution in [0.2, 0.25) is 0 Å². The average Bonchev–Trinajstić information content (AvgIpc) is 2.25. The Morgan fingerprint density at radius 3 is 2.61 bits per heavy atom. The van der Waals surface area contributed by atoms with Crippen molar-refractivity contribution in [3.8, 4) is 0 Å². The summed E-state index contributed by atoms with van der Waals surface area (Å²) in [5, 5.41) is 8.47. The van der Waals surface area contributed by atoms with Crippen LogP contribution in [0.1, 0.15) is 24.0 Å². The summed E-state index contributed by atoms with van der Waals surface area (Å²) in [5.74, 6) is -0.963. The molecule has 0 aliphatic rings. The summed E-state index contributed by atoms with van der Waals surface area (Å²) in [6, 6.07) is 4.45. The van der Waals surface area contributed by atoms with E-state index < -0.39 is 23.8 Å². The molecule has 0 spiro atoms. The minimum Gasteiger partial charge on any atom is -0.481 e. The number of benzene rings is 1. The molecule has 1 aromatic carbocycles. The van der Waals surface area contributed by atoms with Crippen LogP contribution in [0.3, 0.4) is 0 Å². The maximum atomic E-state index is 12.5. The van der Waals surface area contributed by atoms with Gasteiger partial charge in [0.15, 0.2) is 0 Å². The summed E-state index contributed by atoms with van der Waals surface area (Å²) in [4.78, 5) is 10.3. The van der Waals surface area contributed by atoms with Crippen LogP contribution in [0.25, 0.3) is 0 Å². The van der Waals surface area contributed by atoms with Crippen LogP contribution in [-0.4, -0.2) is 17.1 Å². The second-order valence-corrected chi connectivity index (χ2v) is 4.09. The number of carboxylic acids is 1. The van der Waals surface area contributed by atoms with E-state index in [-0.39, 0.29) is 19.3 Å². The monoisotopic (exact) mass is 261 g/mol. The molecule has 1 rings (SSSR count). The summed E-state index contributed by atoms with van der Waals surface area (Å²) in [6.45, 7) is 0. The zero-order valence-corrected chi connectivity index (χ0v) is 9.57. The molecule has 0 bridgehead atoms. The Bertz CT molecular complexity index is 418. The molecular weight excluding hydrogens is 247 g/mol. The second-order valence-electron chi connectivity index (χ2n) is 4.09. The average molecular weight is 261 g/mol. The number of nitrogens with two attached hydrogens (primary N) is 1. The first-order valence-corrected chi connectivity index (χ1v) is 5.42. The first-order chi connectivity index (χ1) is 8.29. The van der Waals surface area contributed by atoms with Gasteiger partial charge in [0.2, 0.25) is 0 Å². The highest BCUT2D eigenvalue weighted by Crippen LogP contribution is 2.29. The number of aliphatic carboxylic acids is 1. The van der Waals surface area contributed by atoms with E-state index in [9.17, 15) is 18.0 Å². The summed E-state index contributed by atoms with van der Waals surface area (Å²) < 4.78 is 37.4. The van der Waals surface area contributed by atoms with Crippen LogP contribution >= 0.6 is 0 Å². The highest BCUT2D eigenvalue weighted by molar-refractivity contribution is 5.66. The van der Waals surface area contributed by atoms with Gasteiger partial charge in [0.1, 0.15) is 0 Å². The van der Waals surface area contributed by atoms with E-state index in [1.807, 2.05) is 0 Å². The van der Waals surface area contributed by atoms with Crippen molar-refractivity contribution >= 4 is 5.97 Å². The van der Waals surface area contributed by atoms with Gasteiger partial charge in [-0.3, -0.25) is 4.79 Å². The quantitative estimate of drug-likeness (QED) is 0.855. The standard InChI is InChI=1S/C12H14F3NO2/c13-12(14,15)9-3-1-2-8(6-9)7-10(16)4-5-11(17)18/h1-3,6,10H,4-5,7,16H2,(H,17,18). The van der Waals surface area contributed by atoms with Crippen LogP contribution in [0.15, 0.2) is 24.3 Å². The number of halogens is 3. The summed E-state index contributed by atoms with van der Waals surface area (Å²) in [6.07, 6.45) is -3.98. The van der Waals surface area contributed by atoms with Gasteiger partial charge < -0.3 is 10.8 Å². The van der Waals surface area contributed by atoms with Crippen LogP contribution in [-0.2, 0) is 17.4 Å². The number of carbonyl (C=O) groups is 1. The molecule has 0 amide bonds. The molecule has 0 fully saturated rings. The van der Waals surface area contributed by atoms with E-state index in [1.165, 1.54) is 6.07 Å². The fourth-order valence-corrected chi connectivity index (χ4v) is 1.59. The van der Waals surface area contributed by atoms with E-state index in [4.69, 9.17) is 10.8 Å². The minimum absolute atomic E-state index is 0.0832. The van der Waals surface area contributed by atoms with Gasteiger partial charge in [-0.2, -0.15) is 13.2 Å². The Balaban J connectivity index is 2.65. The van der Waals surface area contributed by atoms with Crippen LogP contribution < -0.4 is 5.73 Å². The Morgan fingerprint density at radius 2 is 2.06 bits per heavy atom. The molecule has 100 valence electrons. The number of hydrogen-bond acceptors (Lipinski definition) is 2. The fourth-order valence-electron chi connectivity index (χ4n) is 1.59. The lowest BCUT2D eigenvalue weighted by Crippen LogP contribution is -2.24. The molecule has 1 aromatic rings. The van der Waals surface area contributed by atoms with Gasteiger partial charge in [0.05, 0.1) is 5.56 Å². The predicted octanol–water partition coefficient (Wildman–Crippen LogP) is 2.44. The van der Waals surface area contributed by atoms with E-state index in [0.717, 1.165) is 12.1 Å². The molecule has 0 heterocycles. The maximum absolute atomic E-state index is 12.5. The predicted molar refractivity (Wildman–Crippen MR) is 60.0 cm³/mol. The Kier molecular flexibility index (Phi) is 4.72. The maximum Gasteiger partial charge on any atom is 0.416 e. The molecule has 0 saturated heterocycles. The SMILES string of the molecule is NC(CCC(=O)O)Cc1cccc(C(F)(F)F)c1. The first kappa shape index (κ1) is 14.5. The van der Waals surface area contributed by atoms with Gasteiger partial charge >= 0.3 is 12.1 Å². The fraction of sp³-hybridized carbons (Fsp3) is 0.417. The molecule has 18 heavy (non-hydrogen) atoms. The molecule has 3 nitrogen and oxygen atoms in total. The van der Waals surface area contributed by atoms with Gasteiger partial charge in [-0.15, -0.1) is 0 Å². The lowest BCUT2D eigenvalue weighted by Gasteiger charge is -2.12. The summed E-state index contributed by atoms with van der Waals surface area (Å²) >= 11 is 0. The normalized spacial score (nSPS) is 13.3. The molecule has 3 N–H and O–H groups in total. The summed E-state index contributed by atoms with van der Waals surface area (Å²) in [7, 11) is 0. The number of carboxylic acid groups (broad SMARTS) is 1. The van der Waals surface area contributed by atoms with Crippen molar-refractivity contribution in [2.75, 3.05) is 0 Å². The highest BCUT2D eigenvalue weighted by atomic mass is 19.4. The van der Waals surface area contributed by atoms with E-state index in [0.29, 0.717) is 5.56 Å². The number of hydrogen-bond donors (Lipinski definition) is 2. The van der Waals surface area contributed by atoms with Crippen molar-refractivity contribution < 1.29 is 23.1 Å². The van der Waals surface area contributed by atoms with E-state index in [2.05, 4.69) is 0 Å². The van der Waals surface area contributed by atoms with E-state index in [1.54, 1.807) is 6.07 Å². The van der Waals surface area contributed by atoms with Crippen molar-refractivity contribution in [1.82, 2.24) is 0 Å². The highest BCUT2D eigenvalue weighted by Gasteiger charge is 2.30. The van der Waals surface area contributed by atoms with Crippen molar-refractivity contribution in [3.05, 3.63) is 35.4 Å². The van der Waals surface area contributed by atoms with E-state index >= 15 is 0 Å². The summed E-state index contributed by atoms with van der Waals surface area (Å²) in [5.41, 5.74) is 5.41. The largest absolute Gasteiger partial charge is 0.481 e. The van der Waals surface area contributed by atoms with Crippen LogP contribution in [0.5, 0.6) is 0 Å². The molecule has 0 radical (unpaired) electrons. The number of rotatable bonds is 5. The molecule has 0 aliphatic heterocycles. The van der Waals surface area contributed by atoms with Crippen molar-refractivity contribution in [2.24, 2.45) is 5.73 Å². The third-order valence-corrected chi connectivity index (χ3v) is 2.48. The molecule has 1 atom stereocenters. The lowest BCUT2D eigenvalue weighted by molar-refractivity contribution is -0.138. The van der Waals surface area contributed by atoms with Gasteiger partial charge in [0, 0.05) is 12.5 Å². The third-order valence-electron chi connectivity index (χ3n) is 2.48. The van der Waals surface area contributed by atoms with Crippen molar-refractivity contribution in [2.45, 2.75) is 31.5 Å². The molecule has 0 aliphatic carbocycles. The molecule has 6 heteroatoms. The molecule has 0 saturated carbocycles. The Morgan fingerprint density at radius 1 is 1.39 bits per heavy atom. The van der Waals surface area contributed by atoms with Gasteiger partial charge in [-0.25, -0.2) is 0 Å². The Labute approximate surface area is 102 Å². The molecular formula is C12H14F3NO2. The van der Waals surface area contributed by atoms with Crippen molar-refractivity contribution in [3.63, 3.8) is 0 Å². The molecule has 0 aromatic heterocycles. The zero-order chi connectivity index (χ0) is 13.8. The third kappa shape index (κ3) is 4.75. The van der Waals surface area contributed by atoms with Crippen LogP contribution in [0, 0.1) is 0 Å². The van der Waals surface area contributed by atoms with Crippen LogP contribution in [0.4, 0.5) is 13.2 Å². The van der Waals surface area contributed by atoms with Crippen molar-refractivity contribution in [1.29, 1.82) is 0 Å². The first-order valence-electron chi connectivity index (χ1n) is 5.42. The minimum atomic E-state index is -4.37. The number of alkyl halides is 3. The van der Waals surface area contributed by atoms with Gasteiger partial charge in [-0.05, 0) is 24.5 Å². The topological polar surface area (TPSA) is 63.3 Å².